The Labute approximate surface area is 134 Å². The van der Waals surface area contributed by atoms with Crippen molar-refractivity contribution in [3.63, 3.8) is 0 Å². The van der Waals surface area contributed by atoms with Gasteiger partial charge in [0.25, 0.3) is 0 Å². The van der Waals surface area contributed by atoms with E-state index in [2.05, 4.69) is 43.2 Å². The third-order valence-corrected chi connectivity index (χ3v) is 3.89. The van der Waals surface area contributed by atoms with Gasteiger partial charge in [-0.25, -0.2) is 0 Å². The molecular formula is C15H12Br2N2O. The molecule has 2 aromatic rings. The van der Waals surface area contributed by atoms with Gasteiger partial charge in [-0.1, -0.05) is 28.1 Å². The second kappa shape index (κ2) is 6.78. The minimum atomic E-state index is -0.425. The molecule has 0 amide bonds. The molecule has 2 rings (SSSR count). The Hall–Kier alpha value is -1.51. The first-order chi connectivity index (χ1) is 9.63. The standard InChI is InChI=1S/C15H12Br2N2O/c1-20-15-6-5-10(7-13(15)17)14(9-18)19-12-4-2-3-11(16)8-12/h2-8,14,19H,1H3. The van der Waals surface area contributed by atoms with Gasteiger partial charge in [-0.15, -0.1) is 0 Å². The normalized spacial score (nSPS) is 11.5. The van der Waals surface area contributed by atoms with Crippen LogP contribution in [-0.4, -0.2) is 7.11 Å². The van der Waals surface area contributed by atoms with Crippen LogP contribution in [0.1, 0.15) is 11.6 Å². The van der Waals surface area contributed by atoms with Gasteiger partial charge in [0.2, 0.25) is 0 Å². The molecule has 20 heavy (non-hydrogen) atoms. The van der Waals surface area contributed by atoms with Gasteiger partial charge < -0.3 is 10.1 Å². The first-order valence-corrected chi connectivity index (χ1v) is 7.48. The predicted octanol–water partition coefficient (Wildman–Crippen LogP) is 4.90. The van der Waals surface area contributed by atoms with Gasteiger partial charge in [-0.05, 0) is 51.8 Å². The summed E-state index contributed by atoms with van der Waals surface area (Å²) in [5.41, 5.74) is 1.76. The summed E-state index contributed by atoms with van der Waals surface area (Å²) in [6.07, 6.45) is 0. The van der Waals surface area contributed by atoms with Crippen LogP contribution in [0.3, 0.4) is 0 Å². The molecule has 102 valence electrons. The molecule has 0 aliphatic heterocycles. The van der Waals surface area contributed by atoms with E-state index in [-0.39, 0.29) is 0 Å². The van der Waals surface area contributed by atoms with E-state index in [1.807, 2.05) is 42.5 Å². The SMILES string of the molecule is COc1ccc(C(C#N)Nc2cccc(Br)c2)cc1Br. The summed E-state index contributed by atoms with van der Waals surface area (Å²) in [6, 6.07) is 15.2. The summed E-state index contributed by atoms with van der Waals surface area (Å²) >= 11 is 6.85. The van der Waals surface area contributed by atoms with Crippen molar-refractivity contribution in [1.82, 2.24) is 0 Å². The Morgan fingerprint density at radius 3 is 2.60 bits per heavy atom. The number of rotatable bonds is 4. The number of hydrogen-bond acceptors (Lipinski definition) is 3. The summed E-state index contributed by atoms with van der Waals surface area (Å²) in [5, 5.41) is 12.6. The van der Waals surface area contributed by atoms with Crippen molar-refractivity contribution >= 4 is 37.5 Å². The number of nitriles is 1. The van der Waals surface area contributed by atoms with Gasteiger partial charge in [-0.2, -0.15) is 5.26 Å². The molecule has 0 aliphatic carbocycles. The van der Waals surface area contributed by atoms with Crippen molar-refractivity contribution in [3.05, 3.63) is 57.0 Å². The van der Waals surface area contributed by atoms with Crippen LogP contribution in [0.2, 0.25) is 0 Å². The van der Waals surface area contributed by atoms with Crippen molar-refractivity contribution in [1.29, 1.82) is 5.26 Å². The smallest absolute Gasteiger partial charge is 0.140 e. The van der Waals surface area contributed by atoms with E-state index in [4.69, 9.17) is 4.74 Å². The van der Waals surface area contributed by atoms with Crippen LogP contribution in [0.4, 0.5) is 5.69 Å². The molecule has 0 aromatic heterocycles. The van der Waals surface area contributed by atoms with Gasteiger partial charge in [0.15, 0.2) is 0 Å². The fraction of sp³-hybridized carbons (Fsp3) is 0.133. The minimum absolute atomic E-state index is 0.425. The van der Waals surface area contributed by atoms with Crippen molar-refractivity contribution in [3.8, 4) is 11.8 Å². The lowest BCUT2D eigenvalue weighted by Gasteiger charge is -2.15. The maximum atomic E-state index is 9.36. The van der Waals surface area contributed by atoms with E-state index in [9.17, 15) is 5.26 Å². The van der Waals surface area contributed by atoms with E-state index < -0.39 is 6.04 Å². The molecule has 0 saturated heterocycles. The van der Waals surface area contributed by atoms with Gasteiger partial charge in [0.05, 0.1) is 17.7 Å². The van der Waals surface area contributed by atoms with E-state index >= 15 is 0 Å². The molecule has 2 aromatic carbocycles. The second-order valence-corrected chi connectivity index (χ2v) is 5.88. The molecule has 0 saturated carbocycles. The third kappa shape index (κ3) is 3.53. The molecular weight excluding hydrogens is 384 g/mol. The number of halogens is 2. The Morgan fingerprint density at radius 1 is 1.20 bits per heavy atom. The van der Waals surface area contributed by atoms with E-state index in [1.165, 1.54) is 0 Å². The number of methoxy groups -OCH3 is 1. The van der Waals surface area contributed by atoms with E-state index in [1.54, 1.807) is 7.11 Å². The Balaban J connectivity index is 2.25. The summed E-state index contributed by atoms with van der Waals surface area (Å²) in [7, 11) is 1.61. The van der Waals surface area contributed by atoms with E-state index in [0.29, 0.717) is 0 Å². The fourth-order valence-electron chi connectivity index (χ4n) is 1.80. The molecule has 0 bridgehead atoms. The first-order valence-electron chi connectivity index (χ1n) is 5.89. The monoisotopic (exact) mass is 394 g/mol. The van der Waals surface area contributed by atoms with Gasteiger partial charge in [0.1, 0.15) is 11.8 Å². The molecule has 0 radical (unpaired) electrons. The van der Waals surface area contributed by atoms with Crippen LogP contribution in [0.15, 0.2) is 51.4 Å². The van der Waals surface area contributed by atoms with Crippen molar-refractivity contribution in [2.75, 3.05) is 12.4 Å². The highest BCUT2D eigenvalue weighted by Crippen LogP contribution is 2.29. The van der Waals surface area contributed by atoms with Gasteiger partial charge >= 0.3 is 0 Å². The lowest BCUT2D eigenvalue weighted by molar-refractivity contribution is 0.412. The lowest BCUT2D eigenvalue weighted by atomic mass is 10.1. The Morgan fingerprint density at radius 2 is 2.00 bits per heavy atom. The first kappa shape index (κ1) is 14.9. The Bertz CT molecular complexity index is 653. The Kier molecular flexibility index (Phi) is 5.05. The third-order valence-electron chi connectivity index (χ3n) is 2.77. The van der Waals surface area contributed by atoms with Crippen LogP contribution >= 0.6 is 31.9 Å². The van der Waals surface area contributed by atoms with Gasteiger partial charge in [-0.3, -0.25) is 0 Å². The highest BCUT2D eigenvalue weighted by atomic mass is 79.9. The number of anilines is 1. The zero-order valence-electron chi connectivity index (χ0n) is 10.7. The average molecular weight is 396 g/mol. The number of hydrogen-bond donors (Lipinski definition) is 1. The van der Waals surface area contributed by atoms with Crippen molar-refractivity contribution in [2.45, 2.75) is 6.04 Å². The molecule has 5 heteroatoms. The number of benzene rings is 2. The second-order valence-electron chi connectivity index (χ2n) is 4.11. The molecule has 1 atom stereocenters. The predicted molar refractivity (Wildman–Crippen MR) is 86.8 cm³/mol. The summed E-state index contributed by atoms with van der Waals surface area (Å²) in [4.78, 5) is 0. The molecule has 3 nitrogen and oxygen atoms in total. The quantitative estimate of drug-likeness (QED) is 0.800. The summed E-state index contributed by atoms with van der Waals surface area (Å²) in [5.74, 6) is 0.743. The fourth-order valence-corrected chi connectivity index (χ4v) is 2.75. The molecule has 1 N–H and O–H groups in total. The van der Waals surface area contributed by atoms with Crippen LogP contribution < -0.4 is 10.1 Å². The molecule has 1 unspecified atom stereocenters. The van der Waals surface area contributed by atoms with Crippen molar-refractivity contribution in [2.24, 2.45) is 0 Å². The van der Waals surface area contributed by atoms with Gasteiger partial charge in [0, 0.05) is 10.2 Å². The summed E-state index contributed by atoms with van der Waals surface area (Å²) in [6.45, 7) is 0. The van der Waals surface area contributed by atoms with Crippen LogP contribution in [0.25, 0.3) is 0 Å². The minimum Gasteiger partial charge on any atom is -0.496 e. The number of ether oxygens (including phenoxy) is 1. The zero-order chi connectivity index (χ0) is 14.5. The highest BCUT2D eigenvalue weighted by molar-refractivity contribution is 9.10. The van der Waals surface area contributed by atoms with Crippen LogP contribution in [-0.2, 0) is 0 Å². The summed E-state index contributed by atoms with van der Waals surface area (Å²) < 4.78 is 6.99. The maximum absolute atomic E-state index is 9.36. The number of nitrogens with one attached hydrogen (secondary N) is 1. The lowest BCUT2D eigenvalue weighted by Crippen LogP contribution is -2.08. The molecule has 0 aliphatic rings. The molecule has 0 spiro atoms. The maximum Gasteiger partial charge on any atom is 0.140 e. The largest absolute Gasteiger partial charge is 0.496 e. The topological polar surface area (TPSA) is 45.0 Å². The van der Waals surface area contributed by atoms with E-state index in [0.717, 1.165) is 25.9 Å². The van der Waals surface area contributed by atoms with Crippen molar-refractivity contribution < 1.29 is 4.74 Å². The molecule has 0 fully saturated rings. The van der Waals surface area contributed by atoms with Crippen LogP contribution in [0, 0.1) is 11.3 Å². The number of nitrogens with zero attached hydrogens (tertiary/aromatic N) is 1. The molecule has 0 heterocycles. The average Bonchev–Trinajstić information content (AvgIpc) is 2.44. The van der Waals surface area contributed by atoms with Crippen LogP contribution in [0.5, 0.6) is 5.75 Å². The zero-order valence-corrected chi connectivity index (χ0v) is 13.9. The highest BCUT2D eigenvalue weighted by Gasteiger charge is 2.12.